The first-order chi connectivity index (χ1) is 42.4. The quantitative estimate of drug-likeness (QED) is 0.0216. The second-order valence-electron chi connectivity index (χ2n) is 23.9. The van der Waals surface area contributed by atoms with Crippen molar-refractivity contribution >= 4 is 75.1 Å². The molecule has 3 saturated heterocycles. The van der Waals surface area contributed by atoms with Gasteiger partial charge in [-0.2, -0.15) is 18.2 Å². The number of benzene rings is 4. The summed E-state index contributed by atoms with van der Waals surface area (Å²) in [5.74, 6) is 1.28. The summed E-state index contributed by atoms with van der Waals surface area (Å²) in [6.07, 6.45) is 2.76. The number of imidazole rings is 2. The van der Waals surface area contributed by atoms with Crippen LogP contribution in [0.4, 0.5) is 52.9 Å². The number of aliphatic hydroxyl groups excluding tert-OH is 2. The molecule has 2 amide bonds. The Labute approximate surface area is 511 Å². The Morgan fingerprint density at radius 2 is 1.47 bits per heavy atom. The van der Waals surface area contributed by atoms with Crippen LogP contribution in [-0.2, 0) is 31.8 Å². The minimum atomic E-state index is -4.60. The molecule has 0 bridgehead atoms. The highest BCUT2D eigenvalue weighted by Gasteiger charge is 2.36. The molecule has 0 saturated carbocycles. The van der Waals surface area contributed by atoms with Crippen LogP contribution in [0.2, 0.25) is 0 Å². The number of aliphatic hydroxyl groups is 2. The molecule has 3 fully saturated rings. The molecule has 20 nitrogen and oxygen atoms in total. The maximum absolute atomic E-state index is 14.2. The van der Waals surface area contributed by atoms with Gasteiger partial charge in [-0.05, 0) is 144 Å². The van der Waals surface area contributed by atoms with Gasteiger partial charge in [-0.1, -0.05) is 56.2 Å². The van der Waals surface area contributed by atoms with Crippen LogP contribution in [0.25, 0.3) is 22.2 Å². The van der Waals surface area contributed by atoms with Gasteiger partial charge in [-0.3, -0.25) is 19.1 Å². The fourth-order valence-electron chi connectivity index (χ4n) is 12.6. The van der Waals surface area contributed by atoms with Gasteiger partial charge in [0.25, 0.3) is 0 Å². The monoisotopic (exact) mass is 1210 g/mol. The molecule has 7 aromatic rings. The van der Waals surface area contributed by atoms with Gasteiger partial charge in [0.2, 0.25) is 23.8 Å². The number of hydrogen-bond acceptors (Lipinski definition) is 16. The van der Waals surface area contributed by atoms with Gasteiger partial charge in [0.15, 0.2) is 11.9 Å². The fraction of sp³-hybridized carbons (Fsp3) is 0.492. The number of carbonyl (C=O) groups excluding carboxylic acids is 3. The molecular formula is C65H82F3N13O7. The van der Waals surface area contributed by atoms with E-state index in [2.05, 4.69) is 59.6 Å². The van der Waals surface area contributed by atoms with Gasteiger partial charge in [-0.25, -0.2) is 19.7 Å². The molecule has 10 rings (SSSR count). The number of carbonyl (C=O) groups is 3. The van der Waals surface area contributed by atoms with E-state index < -0.39 is 29.7 Å². The van der Waals surface area contributed by atoms with Crippen molar-refractivity contribution in [2.45, 2.75) is 135 Å². The first-order valence-electron chi connectivity index (χ1n) is 31.0. The van der Waals surface area contributed by atoms with Crippen LogP contribution in [0.1, 0.15) is 133 Å². The Hall–Kier alpha value is -8.02. The zero-order chi connectivity index (χ0) is 62.0. The average molecular weight is 1210 g/mol. The molecule has 3 aliphatic heterocycles. The van der Waals surface area contributed by atoms with Gasteiger partial charge in [0.1, 0.15) is 11.1 Å². The van der Waals surface area contributed by atoms with Crippen LogP contribution in [0, 0.1) is 5.92 Å². The van der Waals surface area contributed by atoms with Crippen molar-refractivity contribution < 1.29 is 47.2 Å². The SMILES string of the molecule is CCOC(=O)CCC(CCCCN1CCN(c2ccc(Nc3ncc4nc(Nc5ccccc5)n([C@H]5CCCN(C(=O)CC)C5)c4n3)cc2)CC1)CC(C)(C)OC(=O)N1CCC[C@@H](n2c(NC(O)c3cccc(C(F)(F)F)c3)nc3cc(CO)ccc32)C1. The van der Waals surface area contributed by atoms with Gasteiger partial charge < -0.3 is 54.9 Å². The van der Waals surface area contributed by atoms with Crippen LogP contribution < -0.4 is 20.9 Å². The molecule has 4 atom stereocenters. The summed E-state index contributed by atoms with van der Waals surface area (Å²) in [4.78, 5) is 67.5. The predicted octanol–water partition coefficient (Wildman–Crippen LogP) is 11.7. The number of hydrogen-bond donors (Lipinski definition) is 5. The lowest BCUT2D eigenvalue weighted by molar-refractivity contribution is -0.143. The van der Waals surface area contributed by atoms with E-state index in [1.165, 1.54) is 12.1 Å². The normalized spacial score (nSPS) is 17.7. The molecule has 4 aromatic carbocycles. The lowest BCUT2D eigenvalue weighted by atomic mass is 9.86. The van der Waals surface area contributed by atoms with E-state index in [1.54, 1.807) is 36.2 Å². The largest absolute Gasteiger partial charge is 0.466 e. The number of piperidine rings is 2. The van der Waals surface area contributed by atoms with Crippen LogP contribution in [0.5, 0.6) is 0 Å². The van der Waals surface area contributed by atoms with Crippen LogP contribution in [0.15, 0.2) is 103 Å². The molecule has 2 unspecified atom stereocenters. The maximum atomic E-state index is 14.2. The van der Waals surface area contributed by atoms with Crippen molar-refractivity contribution in [2.75, 3.05) is 86.4 Å². The minimum Gasteiger partial charge on any atom is -0.466 e. The number of piperazine rings is 1. The van der Waals surface area contributed by atoms with Crippen molar-refractivity contribution in [1.82, 2.24) is 43.8 Å². The number of alkyl halides is 3. The van der Waals surface area contributed by atoms with Gasteiger partial charge in [-0.15, -0.1) is 0 Å². The second kappa shape index (κ2) is 28.4. The second-order valence-corrected chi connectivity index (χ2v) is 23.9. The summed E-state index contributed by atoms with van der Waals surface area (Å²) in [6, 6.07) is 27.6. The molecule has 0 aliphatic carbocycles. The van der Waals surface area contributed by atoms with E-state index in [4.69, 9.17) is 24.4 Å². The smallest absolute Gasteiger partial charge is 0.416 e. The Morgan fingerprint density at radius 1 is 0.750 bits per heavy atom. The number of anilines is 6. The van der Waals surface area contributed by atoms with Crippen LogP contribution in [-0.4, -0.2) is 143 Å². The van der Waals surface area contributed by atoms with Crippen molar-refractivity contribution in [2.24, 2.45) is 5.92 Å². The first kappa shape index (κ1) is 63.0. The number of para-hydroxylation sites is 1. The topological polar surface area (TPSA) is 221 Å². The third kappa shape index (κ3) is 15.8. The van der Waals surface area contributed by atoms with Gasteiger partial charge >= 0.3 is 18.2 Å². The maximum Gasteiger partial charge on any atom is 0.416 e. The van der Waals surface area contributed by atoms with Crippen LogP contribution >= 0.6 is 0 Å². The lowest BCUT2D eigenvalue weighted by Gasteiger charge is -2.37. The number of ether oxygens (including phenoxy) is 2. The summed E-state index contributed by atoms with van der Waals surface area (Å²) in [7, 11) is 0. The molecular weight excluding hydrogens is 1130 g/mol. The average Bonchev–Trinajstić information content (AvgIpc) is 3.39. The summed E-state index contributed by atoms with van der Waals surface area (Å²) in [5.41, 5.74) is 4.25. The number of halogens is 3. The number of rotatable bonds is 24. The predicted molar refractivity (Wildman–Crippen MR) is 332 cm³/mol. The third-order valence-electron chi connectivity index (χ3n) is 17.0. The van der Waals surface area contributed by atoms with E-state index >= 15 is 0 Å². The van der Waals surface area contributed by atoms with Gasteiger partial charge in [0, 0.05) is 87.8 Å². The van der Waals surface area contributed by atoms with E-state index in [1.807, 2.05) is 60.6 Å². The van der Waals surface area contributed by atoms with E-state index in [9.17, 15) is 37.8 Å². The fourth-order valence-corrected chi connectivity index (χ4v) is 12.6. The number of unbranched alkanes of at least 4 members (excludes halogenated alkanes) is 1. The van der Waals surface area contributed by atoms with Crippen molar-refractivity contribution in [1.29, 1.82) is 0 Å². The van der Waals surface area contributed by atoms with E-state index in [-0.39, 0.29) is 61.0 Å². The number of aromatic nitrogens is 6. The lowest BCUT2D eigenvalue weighted by Crippen LogP contribution is -2.46. The minimum absolute atomic E-state index is 0.000432. The molecule has 5 N–H and O–H groups in total. The number of esters is 1. The highest BCUT2D eigenvalue weighted by atomic mass is 19.4. The zero-order valence-electron chi connectivity index (χ0n) is 50.7. The first-order valence-corrected chi connectivity index (χ1v) is 31.0. The molecule has 88 heavy (non-hydrogen) atoms. The Bertz CT molecular complexity index is 3480. The third-order valence-corrected chi connectivity index (χ3v) is 17.0. The molecule has 23 heteroatoms. The molecule has 470 valence electrons. The van der Waals surface area contributed by atoms with E-state index in [0.717, 1.165) is 101 Å². The number of likely N-dealkylation sites (tertiary alicyclic amines) is 2. The van der Waals surface area contributed by atoms with Crippen molar-refractivity contribution in [3.05, 3.63) is 120 Å². The summed E-state index contributed by atoms with van der Waals surface area (Å²) in [5, 5.41) is 31.0. The van der Waals surface area contributed by atoms with Gasteiger partial charge in [0.05, 0.1) is 48.1 Å². The summed E-state index contributed by atoms with van der Waals surface area (Å²) >= 11 is 0. The number of nitrogens with one attached hydrogen (secondary N) is 3. The Balaban J connectivity index is 0.716. The molecule has 3 aliphatic rings. The van der Waals surface area contributed by atoms with Crippen molar-refractivity contribution in [3.8, 4) is 0 Å². The number of nitrogens with zero attached hydrogens (tertiary/aromatic N) is 10. The Kier molecular flexibility index (Phi) is 20.4. The standard InChI is InChI=1S/C65H82F3N13O7/c1-5-56(83)78-31-13-21-52(41-78)81-58-54(73-61(81)71-48-18-8-7-9-19-48)40-69-60(74-58)70-49-24-26-50(27-25-49)77-35-33-76(34-36-77)30-11-10-15-44(23-29-57(84)87-6-2)39-64(3,4)88-63(86)79-32-14-20-51(42-79)80-55-28-22-45(43-82)37-53(55)72-62(80)75-59(85)46-16-12-17-47(38-46)65(66,67)68/h7-9,12,16-19,22,24-28,37-38,40,44,51-52,59,82,85H,5-6,10-11,13-15,20-21,23,29-36,39,41-43H2,1-4H3,(H,71,73)(H,72,75)(H,69,70,74)/t44?,51-,52+,59?/m1/s1. The number of fused-ring (bicyclic) bond motifs is 2. The Morgan fingerprint density at radius 3 is 2.19 bits per heavy atom. The molecule has 0 radical (unpaired) electrons. The highest BCUT2D eigenvalue weighted by Crippen LogP contribution is 2.37. The molecule has 3 aromatic heterocycles. The molecule has 6 heterocycles. The zero-order valence-corrected chi connectivity index (χ0v) is 50.7. The number of amides is 2. The van der Waals surface area contributed by atoms with Crippen LogP contribution in [0.3, 0.4) is 0 Å². The van der Waals surface area contributed by atoms with Crippen molar-refractivity contribution in [3.63, 3.8) is 0 Å². The summed E-state index contributed by atoms with van der Waals surface area (Å²) in [6.45, 7) is 14.1. The van der Waals surface area contributed by atoms with E-state index in [0.29, 0.717) is 91.5 Å². The summed E-state index contributed by atoms with van der Waals surface area (Å²) < 4.78 is 56.5. The molecule has 0 spiro atoms. The highest BCUT2D eigenvalue weighted by molar-refractivity contribution is 5.81.